The van der Waals surface area contributed by atoms with E-state index in [0.717, 1.165) is 0 Å². The SMILES string of the molecule is CCS(=O)(=O)C(O[SiH3])S(=O)(=O)CC. The Hall–Kier alpha value is 0.0769. The average molecular weight is 246 g/mol. The van der Waals surface area contributed by atoms with Crippen LogP contribution in [-0.2, 0) is 24.1 Å². The summed E-state index contributed by atoms with van der Waals surface area (Å²) in [6, 6.07) is 0. The Morgan fingerprint density at radius 2 is 1.38 bits per heavy atom. The lowest BCUT2D eigenvalue weighted by atomic mass is 11.0. The molecule has 8 heteroatoms. The van der Waals surface area contributed by atoms with Gasteiger partial charge in [-0.3, -0.25) is 0 Å². The molecule has 0 amide bonds. The highest BCUT2D eigenvalue weighted by Gasteiger charge is 2.34. The lowest BCUT2D eigenvalue weighted by Crippen LogP contribution is -2.34. The van der Waals surface area contributed by atoms with Crippen molar-refractivity contribution in [2.45, 2.75) is 18.6 Å². The van der Waals surface area contributed by atoms with Crippen LogP contribution in [0.5, 0.6) is 0 Å². The van der Waals surface area contributed by atoms with Gasteiger partial charge in [-0.05, 0) is 0 Å². The zero-order chi connectivity index (χ0) is 10.7. The van der Waals surface area contributed by atoms with E-state index in [1.807, 2.05) is 0 Å². The van der Waals surface area contributed by atoms with Crippen LogP contribution in [0.4, 0.5) is 0 Å². The summed E-state index contributed by atoms with van der Waals surface area (Å²) in [4.78, 5) is 0. The Labute approximate surface area is 81.9 Å². The fraction of sp³-hybridized carbons (Fsp3) is 1.00. The van der Waals surface area contributed by atoms with Gasteiger partial charge in [-0.2, -0.15) is 0 Å². The summed E-state index contributed by atoms with van der Waals surface area (Å²) in [6.45, 7) is 2.79. The second kappa shape index (κ2) is 4.53. The van der Waals surface area contributed by atoms with E-state index in [0.29, 0.717) is 0 Å². The third kappa shape index (κ3) is 3.04. The van der Waals surface area contributed by atoms with Gasteiger partial charge in [0.15, 0.2) is 19.7 Å². The highest BCUT2D eigenvalue weighted by Crippen LogP contribution is 2.11. The lowest BCUT2D eigenvalue weighted by molar-refractivity contribution is 0.366. The minimum absolute atomic E-state index is 0.0847. The first-order chi connectivity index (χ1) is 5.81. The zero-order valence-electron chi connectivity index (χ0n) is 7.85. The van der Waals surface area contributed by atoms with Gasteiger partial charge in [-0.25, -0.2) is 16.8 Å². The molecular formula is C5H14O5S2Si. The normalized spacial score (nSPS) is 13.8. The van der Waals surface area contributed by atoms with Gasteiger partial charge in [0.1, 0.15) is 10.5 Å². The minimum Gasteiger partial charge on any atom is -0.401 e. The van der Waals surface area contributed by atoms with E-state index < -0.39 is 24.4 Å². The summed E-state index contributed by atoms with van der Waals surface area (Å²) in [7, 11) is -7.23. The van der Waals surface area contributed by atoms with Gasteiger partial charge in [0, 0.05) is 0 Å². The molecule has 5 nitrogen and oxygen atoms in total. The Bertz CT molecular complexity index is 309. The van der Waals surface area contributed by atoms with Crippen molar-refractivity contribution in [3.63, 3.8) is 0 Å². The van der Waals surface area contributed by atoms with Gasteiger partial charge in [0.2, 0.25) is 0 Å². The fourth-order valence-electron chi connectivity index (χ4n) is 0.789. The summed E-state index contributed by atoms with van der Waals surface area (Å²) < 4.78 is 48.0. The summed E-state index contributed by atoms with van der Waals surface area (Å²) in [5.41, 5.74) is 0. The summed E-state index contributed by atoms with van der Waals surface area (Å²) in [5.74, 6) is -0.446. The monoisotopic (exact) mass is 246 g/mol. The molecule has 0 saturated carbocycles. The first-order valence-electron chi connectivity index (χ1n) is 3.77. The largest absolute Gasteiger partial charge is 0.401 e. The van der Waals surface area contributed by atoms with E-state index in [4.69, 9.17) is 0 Å². The molecule has 0 aromatic rings. The molecule has 13 heavy (non-hydrogen) atoms. The third-order valence-corrected chi connectivity index (χ3v) is 7.66. The molecule has 0 unspecified atom stereocenters. The quantitative estimate of drug-likeness (QED) is 0.548. The Kier molecular flexibility index (Phi) is 4.56. The van der Waals surface area contributed by atoms with Crippen LogP contribution >= 0.6 is 0 Å². The van der Waals surface area contributed by atoms with Crippen molar-refractivity contribution in [2.24, 2.45) is 0 Å². The zero-order valence-corrected chi connectivity index (χ0v) is 11.5. The van der Waals surface area contributed by atoms with Gasteiger partial charge in [0.25, 0.3) is 4.77 Å². The first-order valence-corrected chi connectivity index (χ1v) is 8.02. The predicted molar refractivity (Wildman–Crippen MR) is 53.7 cm³/mol. The van der Waals surface area contributed by atoms with Crippen LogP contribution < -0.4 is 0 Å². The van der Waals surface area contributed by atoms with Crippen LogP contribution in [0.3, 0.4) is 0 Å². The second-order valence-corrected chi connectivity index (χ2v) is 7.86. The number of sulfone groups is 2. The predicted octanol–water partition coefficient (Wildman–Crippen LogP) is -1.56. The molecule has 0 aromatic heterocycles. The van der Waals surface area contributed by atoms with Gasteiger partial charge in [-0.15, -0.1) is 0 Å². The molecule has 0 bridgehead atoms. The van der Waals surface area contributed by atoms with Crippen molar-refractivity contribution in [3.05, 3.63) is 0 Å². The van der Waals surface area contributed by atoms with Crippen LogP contribution in [0.1, 0.15) is 13.8 Å². The number of hydrogen-bond donors (Lipinski definition) is 0. The molecule has 0 saturated heterocycles. The van der Waals surface area contributed by atoms with E-state index >= 15 is 0 Å². The van der Waals surface area contributed by atoms with E-state index in [1.165, 1.54) is 13.8 Å². The highest BCUT2D eigenvalue weighted by molar-refractivity contribution is 8.08. The second-order valence-electron chi connectivity index (χ2n) is 2.43. The minimum atomic E-state index is -3.66. The maximum absolute atomic E-state index is 11.3. The summed E-state index contributed by atoms with van der Waals surface area (Å²) in [5, 5.41) is 0. The van der Waals surface area contributed by atoms with E-state index in [2.05, 4.69) is 4.43 Å². The van der Waals surface area contributed by atoms with Crippen molar-refractivity contribution >= 4 is 30.2 Å². The molecule has 0 radical (unpaired) electrons. The van der Waals surface area contributed by atoms with Crippen molar-refractivity contribution in [3.8, 4) is 0 Å². The lowest BCUT2D eigenvalue weighted by Gasteiger charge is -2.14. The van der Waals surface area contributed by atoms with Crippen molar-refractivity contribution < 1.29 is 21.3 Å². The molecule has 0 spiro atoms. The molecule has 0 rings (SSSR count). The molecule has 0 aliphatic rings. The summed E-state index contributed by atoms with van der Waals surface area (Å²) in [6.07, 6.45) is 0. The fourth-order valence-corrected chi connectivity index (χ4v) is 6.28. The van der Waals surface area contributed by atoms with Gasteiger partial charge in [-0.1, -0.05) is 13.8 Å². The van der Waals surface area contributed by atoms with Gasteiger partial charge in [0.05, 0.1) is 11.5 Å². The molecule has 0 aliphatic heterocycles. The van der Waals surface area contributed by atoms with Gasteiger partial charge < -0.3 is 4.43 Å². The van der Waals surface area contributed by atoms with Crippen molar-refractivity contribution in [1.29, 1.82) is 0 Å². The Morgan fingerprint density at radius 1 is 1.08 bits per heavy atom. The molecule has 80 valence electrons. The topological polar surface area (TPSA) is 77.5 Å². The average Bonchev–Trinajstić information content (AvgIpc) is 2.05. The maximum Gasteiger partial charge on any atom is 0.250 e. The molecule has 0 aromatic carbocycles. The molecule has 0 aliphatic carbocycles. The van der Waals surface area contributed by atoms with Crippen molar-refractivity contribution in [2.75, 3.05) is 11.5 Å². The van der Waals surface area contributed by atoms with Crippen LogP contribution in [-0.4, -0.2) is 43.6 Å². The van der Waals surface area contributed by atoms with E-state index in [1.54, 1.807) is 0 Å². The maximum atomic E-state index is 11.3. The Morgan fingerprint density at radius 3 is 1.54 bits per heavy atom. The van der Waals surface area contributed by atoms with Gasteiger partial charge >= 0.3 is 0 Å². The van der Waals surface area contributed by atoms with E-state index in [9.17, 15) is 16.8 Å². The molecule has 0 fully saturated rings. The van der Waals surface area contributed by atoms with Crippen LogP contribution in [0.2, 0.25) is 0 Å². The Balaban J connectivity index is 5.18. The highest BCUT2D eigenvalue weighted by atomic mass is 32.3. The van der Waals surface area contributed by atoms with Crippen LogP contribution in [0.15, 0.2) is 0 Å². The van der Waals surface area contributed by atoms with Crippen LogP contribution in [0, 0.1) is 0 Å². The summed E-state index contributed by atoms with van der Waals surface area (Å²) >= 11 is 0. The standard InChI is InChI=1S/C5H14O5S2Si/c1-3-11(6,7)5(10-13)12(8,9)4-2/h5H,3-4H2,1-2,13H3. The molecular weight excluding hydrogens is 232 g/mol. The third-order valence-electron chi connectivity index (χ3n) is 1.58. The number of hydrogen-bond acceptors (Lipinski definition) is 5. The van der Waals surface area contributed by atoms with E-state index in [-0.39, 0.29) is 22.0 Å². The van der Waals surface area contributed by atoms with Crippen molar-refractivity contribution in [1.82, 2.24) is 0 Å². The molecule has 0 atom stereocenters. The molecule has 0 heterocycles. The molecule has 0 N–H and O–H groups in total. The number of rotatable bonds is 5. The first kappa shape index (κ1) is 13.1. The van der Waals surface area contributed by atoms with Crippen LogP contribution in [0.25, 0.3) is 0 Å². The smallest absolute Gasteiger partial charge is 0.250 e.